The highest BCUT2D eigenvalue weighted by molar-refractivity contribution is 7.10. The monoisotopic (exact) mass is 287 g/mol. The number of thiophene rings is 1. The van der Waals surface area contributed by atoms with Gasteiger partial charge in [0.05, 0.1) is 0 Å². The summed E-state index contributed by atoms with van der Waals surface area (Å²) >= 11 is 1.74. The fourth-order valence-corrected chi connectivity index (χ4v) is 3.47. The highest BCUT2D eigenvalue weighted by Crippen LogP contribution is 2.19. The summed E-state index contributed by atoms with van der Waals surface area (Å²) in [5, 5.41) is 5.69. The van der Waals surface area contributed by atoms with Crippen LogP contribution in [0.5, 0.6) is 0 Å². The van der Waals surface area contributed by atoms with Gasteiger partial charge in [-0.15, -0.1) is 11.3 Å². The van der Waals surface area contributed by atoms with Gasteiger partial charge < -0.3 is 11.1 Å². The van der Waals surface area contributed by atoms with Crippen molar-refractivity contribution < 1.29 is 0 Å². The van der Waals surface area contributed by atoms with Crippen LogP contribution in [0.3, 0.4) is 0 Å². The molecule has 0 radical (unpaired) electrons. The minimum Gasteiger partial charge on any atom is -0.398 e. The van der Waals surface area contributed by atoms with E-state index in [2.05, 4.69) is 45.9 Å². The number of nitrogen functional groups attached to an aromatic ring is 1. The summed E-state index contributed by atoms with van der Waals surface area (Å²) in [6.07, 6.45) is 1.22. The van der Waals surface area contributed by atoms with Gasteiger partial charge in [-0.3, -0.25) is 4.90 Å². The number of nitrogens with one attached hydrogen (secondary N) is 1. The molecule has 1 unspecified atom stereocenters. The molecule has 0 bridgehead atoms. The van der Waals surface area contributed by atoms with E-state index in [1.807, 2.05) is 6.07 Å². The van der Waals surface area contributed by atoms with E-state index in [-0.39, 0.29) is 0 Å². The van der Waals surface area contributed by atoms with Crippen molar-refractivity contribution in [1.82, 2.24) is 10.2 Å². The molecule has 1 atom stereocenters. The minimum atomic E-state index is 0.584. The lowest BCUT2D eigenvalue weighted by Gasteiger charge is -2.16. The van der Waals surface area contributed by atoms with Crippen molar-refractivity contribution in [2.75, 3.05) is 18.8 Å². The predicted octanol–water partition coefficient (Wildman–Crippen LogP) is 2.69. The van der Waals surface area contributed by atoms with Crippen molar-refractivity contribution in [1.29, 1.82) is 0 Å². The van der Waals surface area contributed by atoms with E-state index in [0.29, 0.717) is 6.04 Å². The Morgan fingerprint density at radius 3 is 2.85 bits per heavy atom. The summed E-state index contributed by atoms with van der Waals surface area (Å²) < 4.78 is 0. The van der Waals surface area contributed by atoms with Gasteiger partial charge >= 0.3 is 0 Å². The number of rotatable bonds is 5. The second-order valence-electron chi connectivity index (χ2n) is 5.39. The number of hydrogen-bond donors (Lipinski definition) is 2. The number of anilines is 1. The Labute approximate surface area is 124 Å². The van der Waals surface area contributed by atoms with Gasteiger partial charge in [-0.25, -0.2) is 0 Å². The van der Waals surface area contributed by atoms with Crippen LogP contribution in [0.1, 0.15) is 16.9 Å². The molecule has 0 spiro atoms. The van der Waals surface area contributed by atoms with Crippen LogP contribution in [0.4, 0.5) is 5.69 Å². The standard InChI is InChI=1S/C16H21N3S/c17-15-7-9-20-16(15)10-18-14-6-8-19(12-14)11-13-4-2-1-3-5-13/h1-5,7,9,14,18H,6,8,10-12,17H2. The van der Waals surface area contributed by atoms with Gasteiger partial charge in [0.1, 0.15) is 0 Å². The Balaban J connectivity index is 1.46. The van der Waals surface area contributed by atoms with Gasteiger partial charge in [-0.1, -0.05) is 30.3 Å². The van der Waals surface area contributed by atoms with Crippen LogP contribution in [-0.4, -0.2) is 24.0 Å². The van der Waals surface area contributed by atoms with Crippen molar-refractivity contribution in [3.63, 3.8) is 0 Å². The first-order chi connectivity index (χ1) is 9.81. The Morgan fingerprint density at radius 1 is 1.25 bits per heavy atom. The van der Waals surface area contributed by atoms with Crippen molar-refractivity contribution >= 4 is 17.0 Å². The van der Waals surface area contributed by atoms with Crippen LogP contribution in [0.25, 0.3) is 0 Å². The van der Waals surface area contributed by atoms with Gasteiger partial charge in [0.2, 0.25) is 0 Å². The Kier molecular flexibility index (Phi) is 4.35. The molecule has 3 rings (SSSR count). The highest BCUT2D eigenvalue weighted by atomic mass is 32.1. The summed E-state index contributed by atoms with van der Waals surface area (Å²) in [7, 11) is 0. The quantitative estimate of drug-likeness (QED) is 0.888. The summed E-state index contributed by atoms with van der Waals surface area (Å²) in [6.45, 7) is 4.25. The molecule has 3 nitrogen and oxygen atoms in total. The fourth-order valence-electron chi connectivity index (χ4n) is 2.72. The minimum absolute atomic E-state index is 0.584. The Bertz CT molecular complexity index is 538. The second kappa shape index (κ2) is 6.39. The van der Waals surface area contributed by atoms with E-state index < -0.39 is 0 Å². The molecule has 1 aliphatic rings. The molecule has 2 aromatic rings. The molecule has 0 saturated carbocycles. The number of hydrogen-bond acceptors (Lipinski definition) is 4. The summed E-state index contributed by atoms with van der Waals surface area (Å²) in [5.41, 5.74) is 8.23. The smallest absolute Gasteiger partial charge is 0.0468 e. The molecule has 1 aliphatic heterocycles. The van der Waals surface area contributed by atoms with E-state index in [1.165, 1.54) is 23.4 Å². The SMILES string of the molecule is Nc1ccsc1CNC1CCN(Cc2ccccc2)C1. The van der Waals surface area contributed by atoms with Crippen molar-refractivity contribution in [2.45, 2.75) is 25.6 Å². The third-order valence-electron chi connectivity index (χ3n) is 3.85. The third kappa shape index (κ3) is 3.39. The lowest BCUT2D eigenvalue weighted by Crippen LogP contribution is -2.31. The maximum absolute atomic E-state index is 5.91. The van der Waals surface area contributed by atoms with Crippen LogP contribution in [0.2, 0.25) is 0 Å². The second-order valence-corrected chi connectivity index (χ2v) is 6.39. The van der Waals surface area contributed by atoms with E-state index in [0.717, 1.165) is 25.3 Å². The molecule has 0 aliphatic carbocycles. The maximum atomic E-state index is 5.91. The van der Waals surface area contributed by atoms with Crippen LogP contribution < -0.4 is 11.1 Å². The molecule has 1 aromatic heterocycles. The molecule has 4 heteroatoms. The van der Waals surface area contributed by atoms with E-state index in [9.17, 15) is 0 Å². The zero-order valence-corrected chi connectivity index (χ0v) is 12.4. The first-order valence-corrected chi connectivity index (χ1v) is 8.01. The van der Waals surface area contributed by atoms with Gasteiger partial charge in [-0.05, 0) is 23.4 Å². The molecule has 106 valence electrons. The molecule has 0 amide bonds. The first-order valence-electron chi connectivity index (χ1n) is 7.13. The molecule has 1 aromatic carbocycles. The number of benzene rings is 1. The summed E-state index contributed by atoms with van der Waals surface area (Å²) in [5.74, 6) is 0. The van der Waals surface area contributed by atoms with Crippen molar-refractivity contribution in [3.8, 4) is 0 Å². The predicted molar refractivity (Wildman–Crippen MR) is 85.7 cm³/mol. The summed E-state index contributed by atoms with van der Waals surface area (Å²) in [4.78, 5) is 3.77. The van der Waals surface area contributed by atoms with Crippen molar-refractivity contribution in [3.05, 3.63) is 52.2 Å². The number of nitrogens with two attached hydrogens (primary N) is 1. The van der Waals surface area contributed by atoms with Gasteiger partial charge in [0.15, 0.2) is 0 Å². The number of nitrogens with zero attached hydrogens (tertiary/aromatic N) is 1. The zero-order valence-electron chi connectivity index (χ0n) is 11.6. The third-order valence-corrected chi connectivity index (χ3v) is 4.79. The average Bonchev–Trinajstić information content (AvgIpc) is 3.07. The Hall–Kier alpha value is -1.36. The molecular formula is C16H21N3S. The molecule has 1 saturated heterocycles. The highest BCUT2D eigenvalue weighted by Gasteiger charge is 2.22. The Morgan fingerprint density at radius 2 is 2.10 bits per heavy atom. The zero-order chi connectivity index (χ0) is 13.8. The van der Waals surface area contributed by atoms with E-state index >= 15 is 0 Å². The van der Waals surface area contributed by atoms with Crippen molar-refractivity contribution in [2.24, 2.45) is 0 Å². The lowest BCUT2D eigenvalue weighted by atomic mass is 10.2. The summed E-state index contributed by atoms with van der Waals surface area (Å²) in [6, 6.07) is 13.3. The van der Waals surface area contributed by atoms with Crippen LogP contribution in [-0.2, 0) is 13.1 Å². The van der Waals surface area contributed by atoms with Gasteiger partial charge in [0.25, 0.3) is 0 Å². The molecule has 1 fully saturated rings. The fraction of sp³-hybridized carbons (Fsp3) is 0.375. The molecular weight excluding hydrogens is 266 g/mol. The van der Waals surface area contributed by atoms with Crippen LogP contribution >= 0.6 is 11.3 Å². The first kappa shape index (κ1) is 13.6. The molecule has 2 heterocycles. The van der Waals surface area contributed by atoms with Gasteiger partial charge in [-0.2, -0.15) is 0 Å². The van der Waals surface area contributed by atoms with Crippen LogP contribution in [0.15, 0.2) is 41.8 Å². The maximum Gasteiger partial charge on any atom is 0.0468 e. The normalized spacial score (nSPS) is 19.5. The van der Waals surface area contributed by atoms with E-state index in [1.54, 1.807) is 11.3 Å². The molecule has 20 heavy (non-hydrogen) atoms. The van der Waals surface area contributed by atoms with E-state index in [4.69, 9.17) is 5.73 Å². The lowest BCUT2D eigenvalue weighted by molar-refractivity contribution is 0.320. The van der Waals surface area contributed by atoms with Gasteiger partial charge in [0, 0.05) is 42.8 Å². The molecule has 3 N–H and O–H groups in total. The topological polar surface area (TPSA) is 41.3 Å². The largest absolute Gasteiger partial charge is 0.398 e. The average molecular weight is 287 g/mol. The van der Waals surface area contributed by atoms with Crippen LogP contribution in [0, 0.1) is 0 Å². The number of likely N-dealkylation sites (tertiary alicyclic amines) is 1.